The molecule has 2 N–H and O–H groups in total. The first-order valence-electron chi connectivity index (χ1n) is 7.52. The predicted molar refractivity (Wildman–Crippen MR) is 82.5 cm³/mol. The Morgan fingerprint density at radius 2 is 1.50 bits per heavy atom. The van der Waals surface area contributed by atoms with Gasteiger partial charge in [0, 0.05) is 12.6 Å². The van der Waals surface area contributed by atoms with Crippen LogP contribution < -0.4 is 5.73 Å². The molecule has 102 valence electrons. The Hall–Kier alpha value is -1.64. The normalized spacial score (nSPS) is 22.6. The number of benzene rings is 2. The molecule has 1 atom stereocenters. The molecule has 1 unspecified atom stereocenters. The number of rotatable bonds is 1. The molecule has 1 fully saturated rings. The Bertz CT molecular complexity index is 589. The Morgan fingerprint density at radius 3 is 2.10 bits per heavy atom. The van der Waals surface area contributed by atoms with E-state index in [1.807, 2.05) is 0 Å². The van der Waals surface area contributed by atoms with Gasteiger partial charge in [0.1, 0.15) is 0 Å². The first kappa shape index (κ1) is 12.1. The average molecular weight is 264 g/mol. The van der Waals surface area contributed by atoms with Crippen molar-refractivity contribution in [1.29, 1.82) is 0 Å². The highest BCUT2D eigenvalue weighted by Crippen LogP contribution is 2.46. The third-order valence-electron chi connectivity index (χ3n) is 4.66. The van der Waals surface area contributed by atoms with Crippen LogP contribution in [0.2, 0.25) is 0 Å². The van der Waals surface area contributed by atoms with Gasteiger partial charge in [0.25, 0.3) is 0 Å². The summed E-state index contributed by atoms with van der Waals surface area (Å²) >= 11 is 0. The highest BCUT2D eigenvalue weighted by atomic mass is 15.2. The molecule has 20 heavy (non-hydrogen) atoms. The summed E-state index contributed by atoms with van der Waals surface area (Å²) in [6.07, 6.45) is 2.37. The molecule has 4 rings (SSSR count). The quantitative estimate of drug-likeness (QED) is 0.857. The smallest absolute Gasteiger partial charge is 0.0614 e. The number of likely N-dealkylation sites (tertiary alicyclic amines) is 1. The molecule has 1 aliphatic heterocycles. The average Bonchev–Trinajstić information content (AvgIpc) is 2.82. The van der Waals surface area contributed by atoms with Gasteiger partial charge < -0.3 is 5.73 Å². The third-order valence-corrected chi connectivity index (χ3v) is 4.66. The van der Waals surface area contributed by atoms with Crippen LogP contribution in [-0.4, -0.2) is 24.0 Å². The van der Waals surface area contributed by atoms with Gasteiger partial charge in [-0.25, -0.2) is 0 Å². The van der Waals surface area contributed by atoms with E-state index in [0.29, 0.717) is 12.1 Å². The summed E-state index contributed by atoms with van der Waals surface area (Å²) in [6, 6.07) is 18.4. The number of hydrogen-bond donors (Lipinski definition) is 1. The Labute approximate surface area is 120 Å². The van der Waals surface area contributed by atoms with Gasteiger partial charge in [-0.3, -0.25) is 4.90 Å². The molecule has 1 aliphatic carbocycles. The summed E-state index contributed by atoms with van der Waals surface area (Å²) in [6.45, 7) is 2.16. The molecule has 0 aromatic heterocycles. The highest BCUT2D eigenvalue weighted by molar-refractivity contribution is 5.78. The number of fused-ring (bicyclic) bond motifs is 3. The van der Waals surface area contributed by atoms with Crippen LogP contribution in [0.5, 0.6) is 0 Å². The molecule has 2 aromatic carbocycles. The van der Waals surface area contributed by atoms with Gasteiger partial charge in [-0.1, -0.05) is 48.5 Å². The van der Waals surface area contributed by atoms with E-state index < -0.39 is 0 Å². The van der Waals surface area contributed by atoms with Crippen LogP contribution in [0.4, 0.5) is 0 Å². The van der Waals surface area contributed by atoms with Crippen LogP contribution in [0.25, 0.3) is 11.1 Å². The summed E-state index contributed by atoms with van der Waals surface area (Å²) in [5, 5.41) is 0. The molecule has 0 saturated carbocycles. The van der Waals surface area contributed by atoms with Crippen molar-refractivity contribution in [3.05, 3.63) is 59.7 Å². The molecule has 0 radical (unpaired) electrons. The van der Waals surface area contributed by atoms with Crippen LogP contribution in [0.3, 0.4) is 0 Å². The zero-order valence-electron chi connectivity index (χ0n) is 11.6. The summed E-state index contributed by atoms with van der Waals surface area (Å²) in [7, 11) is 0. The van der Waals surface area contributed by atoms with Gasteiger partial charge in [0.15, 0.2) is 0 Å². The van der Waals surface area contributed by atoms with Gasteiger partial charge >= 0.3 is 0 Å². The lowest BCUT2D eigenvalue weighted by molar-refractivity contribution is 0.173. The Balaban J connectivity index is 1.83. The summed E-state index contributed by atoms with van der Waals surface area (Å²) < 4.78 is 0. The van der Waals surface area contributed by atoms with E-state index in [2.05, 4.69) is 53.4 Å². The molecular weight excluding hydrogens is 244 g/mol. The van der Waals surface area contributed by atoms with Crippen molar-refractivity contribution in [2.75, 3.05) is 13.1 Å². The van der Waals surface area contributed by atoms with Crippen molar-refractivity contribution in [1.82, 2.24) is 4.90 Å². The number of nitrogens with two attached hydrogens (primary N) is 1. The van der Waals surface area contributed by atoms with E-state index in [9.17, 15) is 0 Å². The topological polar surface area (TPSA) is 29.3 Å². The minimum absolute atomic E-state index is 0.323. The standard InChI is InChI=1S/C18H20N2/c19-13-6-5-11-20(12-13)18-16-9-3-1-7-14(16)15-8-2-4-10-17(15)18/h1-4,7-10,13,18H,5-6,11-12,19H2. The van der Waals surface area contributed by atoms with Crippen molar-refractivity contribution >= 4 is 0 Å². The fourth-order valence-electron chi connectivity index (χ4n) is 3.80. The molecule has 2 aliphatic rings. The molecule has 2 heteroatoms. The van der Waals surface area contributed by atoms with E-state index in [1.165, 1.54) is 28.7 Å². The molecule has 1 saturated heterocycles. The number of nitrogens with zero attached hydrogens (tertiary/aromatic N) is 1. The minimum Gasteiger partial charge on any atom is -0.327 e. The van der Waals surface area contributed by atoms with Gasteiger partial charge in [0.05, 0.1) is 6.04 Å². The molecule has 0 spiro atoms. The molecule has 2 nitrogen and oxygen atoms in total. The highest BCUT2D eigenvalue weighted by Gasteiger charge is 2.34. The maximum atomic E-state index is 6.19. The van der Waals surface area contributed by atoms with E-state index in [-0.39, 0.29) is 0 Å². The maximum absolute atomic E-state index is 6.19. The Kier molecular flexibility index (Phi) is 2.86. The molecular formula is C18H20N2. The van der Waals surface area contributed by atoms with Gasteiger partial charge in [-0.05, 0) is 41.6 Å². The second kappa shape index (κ2) is 4.72. The molecule has 0 amide bonds. The zero-order chi connectivity index (χ0) is 13.5. The van der Waals surface area contributed by atoms with Crippen molar-refractivity contribution in [2.45, 2.75) is 24.9 Å². The first-order valence-corrected chi connectivity index (χ1v) is 7.52. The van der Waals surface area contributed by atoms with E-state index in [4.69, 9.17) is 5.73 Å². The van der Waals surface area contributed by atoms with Gasteiger partial charge in [-0.15, -0.1) is 0 Å². The van der Waals surface area contributed by atoms with Crippen LogP contribution in [0.15, 0.2) is 48.5 Å². The minimum atomic E-state index is 0.323. The van der Waals surface area contributed by atoms with Crippen LogP contribution in [0, 0.1) is 0 Å². The van der Waals surface area contributed by atoms with E-state index in [0.717, 1.165) is 19.5 Å². The van der Waals surface area contributed by atoms with Gasteiger partial charge in [-0.2, -0.15) is 0 Å². The largest absolute Gasteiger partial charge is 0.327 e. The van der Waals surface area contributed by atoms with Crippen molar-refractivity contribution < 1.29 is 0 Å². The molecule has 2 aromatic rings. The van der Waals surface area contributed by atoms with Gasteiger partial charge in [0.2, 0.25) is 0 Å². The summed E-state index contributed by atoms with van der Waals surface area (Å²) in [5.41, 5.74) is 11.9. The summed E-state index contributed by atoms with van der Waals surface area (Å²) in [4.78, 5) is 2.57. The van der Waals surface area contributed by atoms with Crippen molar-refractivity contribution in [2.24, 2.45) is 5.73 Å². The van der Waals surface area contributed by atoms with Crippen LogP contribution in [0.1, 0.15) is 30.0 Å². The molecule has 0 bridgehead atoms. The summed E-state index contributed by atoms with van der Waals surface area (Å²) in [5.74, 6) is 0. The van der Waals surface area contributed by atoms with E-state index >= 15 is 0 Å². The van der Waals surface area contributed by atoms with Crippen LogP contribution >= 0.6 is 0 Å². The van der Waals surface area contributed by atoms with E-state index in [1.54, 1.807) is 0 Å². The number of hydrogen-bond acceptors (Lipinski definition) is 2. The molecule has 1 heterocycles. The predicted octanol–water partition coefficient (Wildman–Crippen LogP) is 3.18. The second-order valence-electron chi connectivity index (χ2n) is 5.97. The van der Waals surface area contributed by atoms with Crippen molar-refractivity contribution in [3.63, 3.8) is 0 Å². The lowest BCUT2D eigenvalue weighted by Crippen LogP contribution is -2.44. The SMILES string of the molecule is NC1CCCN(C2c3ccccc3-c3ccccc32)C1. The van der Waals surface area contributed by atoms with Crippen molar-refractivity contribution in [3.8, 4) is 11.1 Å². The first-order chi connectivity index (χ1) is 9.84. The monoisotopic (exact) mass is 264 g/mol. The third kappa shape index (κ3) is 1.80. The number of piperidine rings is 1. The fraction of sp³-hybridized carbons (Fsp3) is 0.333. The fourth-order valence-corrected chi connectivity index (χ4v) is 3.80. The lowest BCUT2D eigenvalue weighted by Gasteiger charge is -2.36. The lowest BCUT2D eigenvalue weighted by atomic mass is 9.98. The Morgan fingerprint density at radius 1 is 0.900 bits per heavy atom. The maximum Gasteiger partial charge on any atom is 0.0614 e. The zero-order valence-corrected chi connectivity index (χ0v) is 11.6. The second-order valence-corrected chi connectivity index (χ2v) is 5.97. The van der Waals surface area contributed by atoms with Crippen LogP contribution in [-0.2, 0) is 0 Å².